The Labute approximate surface area is 116 Å². The molecular weight excluding hydrogens is 238 g/mol. The van der Waals surface area contributed by atoms with Crippen LogP contribution in [0.5, 0.6) is 5.75 Å². The van der Waals surface area contributed by atoms with Crippen LogP contribution in [0.1, 0.15) is 38.3 Å². The first kappa shape index (κ1) is 14.4. The molecule has 1 aliphatic carbocycles. The quantitative estimate of drug-likeness (QED) is 0.731. The van der Waals surface area contributed by atoms with Crippen molar-refractivity contribution in [3.8, 4) is 5.75 Å². The zero-order chi connectivity index (χ0) is 13.7. The van der Waals surface area contributed by atoms with Crippen LogP contribution in [-0.4, -0.2) is 26.9 Å². The van der Waals surface area contributed by atoms with Gasteiger partial charge in [0.05, 0.1) is 6.61 Å². The Morgan fingerprint density at radius 2 is 2.00 bits per heavy atom. The topological polar surface area (TPSA) is 30.5 Å². The minimum Gasteiger partial charge on any atom is -0.491 e. The highest BCUT2D eigenvalue weighted by Crippen LogP contribution is 2.55. The van der Waals surface area contributed by atoms with Gasteiger partial charge in [-0.2, -0.15) is 0 Å². The van der Waals surface area contributed by atoms with Crippen LogP contribution in [0, 0.1) is 5.41 Å². The van der Waals surface area contributed by atoms with Crippen LogP contribution >= 0.6 is 0 Å². The second-order valence-corrected chi connectivity index (χ2v) is 5.52. The van der Waals surface area contributed by atoms with Gasteiger partial charge in [0.25, 0.3) is 0 Å². The van der Waals surface area contributed by atoms with E-state index in [1.165, 1.54) is 18.4 Å². The maximum absolute atomic E-state index is 5.86. The van der Waals surface area contributed by atoms with E-state index in [1.54, 1.807) is 7.11 Å². The molecular formula is C16H25NO2. The Balaban J connectivity index is 2.16. The molecule has 3 heteroatoms. The normalized spacial score (nSPS) is 18.1. The number of rotatable bonds is 8. The van der Waals surface area contributed by atoms with E-state index >= 15 is 0 Å². The van der Waals surface area contributed by atoms with Gasteiger partial charge >= 0.3 is 0 Å². The summed E-state index contributed by atoms with van der Waals surface area (Å²) in [6, 6.07) is 8.75. The van der Waals surface area contributed by atoms with E-state index in [4.69, 9.17) is 9.47 Å². The fraction of sp³-hybridized carbons (Fsp3) is 0.625. The molecule has 1 unspecified atom stereocenters. The molecule has 106 valence electrons. The van der Waals surface area contributed by atoms with Crippen LogP contribution in [0.3, 0.4) is 0 Å². The molecule has 0 saturated heterocycles. The van der Waals surface area contributed by atoms with Crippen molar-refractivity contribution in [2.75, 3.05) is 26.9 Å². The van der Waals surface area contributed by atoms with E-state index in [1.807, 2.05) is 6.07 Å². The van der Waals surface area contributed by atoms with Gasteiger partial charge < -0.3 is 14.8 Å². The average Bonchev–Trinajstić information content (AvgIpc) is 3.16. The van der Waals surface area contributed by atoms with Gasteiger partial charge in [-0.3, -0.25) is 0 Å². The second kappa shape index (κ2) is 6.40. The van der Waals surface area contributed by atoms with E-state index in [9.17, 15) is 0 Å². The Morgan fingerprint density at radius 1 is 1.26 bits per heavy atom. The molecule has 1 fully saturated rings. The third-order valence-corrected chi connectivity index (χ3v) is 3.92. The van der Waals surface area contributed by atoms with Gasteiger partial charge in [-0.25, -0.2) is 0 Å². The standard InChI is InChI=1S/C16H25NO2/c1-4-17-15(16(2)9-10-16)13-7-5-6-8-14(13)19-12-11-18-3/h5-8,15,17H,4,9-12H2,1-3H3. The van der Waals surface area contributed by atoms with Crippen molar-refractivity contribution in [2.24, 2.45) is 5.41 Å². The second-order valence-electron chi connectivity index (χ2n) is 5.52. The van der Waals surface area contributed by atoms with Gasteiger partial charge in [0.15, 0.2) is 0 Å². The largest absolute Gasteiger partial charge is 0.491 e. The summed E-state index contributed by atoms with van der Waals surface area (Å²) in [4.78, 5) is 0. The van der Waals surface area contributed by atoms with Crippen molar-refractivity contribution in [1.29, 1.82) is 0 Å². The summed E-state index contributed by atoms with van der Waals surface area (Å²) in [6.45, 7) is 6.71. The van der Waals surface area contributed by atoms with Crippen LogP contribution in [0.15, 0.2) is 24.3 Å². The minimum atomic E-state index is 0.385. The first-order valence-electron chi connectivity index (χ1n) is 7.15. The van der Waals surface area contributed by atoms with Gasteiger partial charge in [0.2, 0.25) is 0 Å². The lowest BCUT2D eigenvalue weighted by molar-refractivity contribution is 0.145. The van der Waals surface area contributed by atoms with Gasteiger partial charge in [-0.15, -0.1) is 0 Å². The molecule has 1 aromatic carbocycles. The van der Waals surface area contributed by atoms with Crippen molar-refractivity contribution in [3.05, 3.63) is 29.8 Å². The third-order valence-electron chi connectivity index (χ3n) is 3.92. The number of methoxy groups -OCH3 is 1. The number of ether oxygens (including phenoxy) is 2. The zero-order valence-corrected chi connectivity index (χ0v) is 12.2. The molecule has 1 atom stereocenters. The highest BCUT2D eigenvalue weighted by Gasteiger charge is 2.45. The Morgan fingerprint density at radius 3 is 2.63 bits per heavy atom. The molecule has 0 bridgehead atoms. The monoisotopic (exact) mass is 263 g/mol. The van der Waals surface area contributed by atoms with E-state index in [2.05, 4.69) is 37.4 Å². The first-order valence-corrected chi connectivity index (χ1v) is 7.15. The number of para-hydroxylation sites is 1. The molecule has 0 heterocycles. The van der Waals surface area contributed by atoms with E-state index in [0.29, 0.717) is 24.7 Å². The Bertz CT molecular complexity index is 401. The van der Waals surface area contributed by atoms with Crippen molar-refractivity contribution in [3.63, 3.8) is 0 Å². The number of hydrogen-bond donors (Lipinski definition) is 1. The maximum Gasteiger partial charge on any atom is 0.124 e. The number of nitrogens with one attached hydrogen (secondary N) is 1. The summed E-state index contributed by atoms with van der Waals surface area (Å²) >= 11 is 0. The van der Waals surface area contributed by atoms with Gasteiger partial charge in [0, 0.05) is 18.7 Å². The minimum absolute atomic E-state index is 0.385. The Hall–Kier alpha value is -1.06. The molecule has 1 aromatic rings. The van der Waals surface area contributed by atoms with Crippen molar-refractivity contribution in [1.82, 2.24) is 5.32 Å². The summed E-state index contributed by atoms with van der Waals surface area (Å²) in [7, 11) is 1.70. The molecule has 0 amide bonds. The van der Waals surface area contributed by atoms with Gasteiger partial charge in [-0.05, 0) is 30.9 Å². The average molecular weight is 263 g/mol. The van der Waals surface area contributed by atoms with E-state index in [0.717, 1.165) is 12.3 Å². The first-order chi connectivity index (χ1) is 9.21. The van der Waals surface area contributed by atoms with E-state index < -0.39 is 0 Å². The predicted molar refractivity (Wildman–Crippen MR) is 77.6 cm³/mol. The zero-order valence-electron chi connectivity index (χ0n) is 12.2. The van der Waals surface area contributed by atoms with Crippen LogP contribution in [0.2, 0.25) is 0 Å². The van der Waals surface area contributed by atoms with Crippen LogP contribution < -0.4 is 10.1 Å². The molecule has 19 heavy (non-hydrogen) atoms. The smallest absolute Gasteiger partial charge is 0.124 e. The van der Waals surface area contributed by atoms with Gasteiger partial charge in [-0.1, -0.05) is 32.0 Å². The van der Waals surface area contributed by atoms with Crippen molar-refractivity contribution in [2.45, 2.75) is 32.7 Å². The summed E-state index contributed by atoms with van der Waals surface area (Å²) in [5.74, 6) is 0.985. The maximum atomic E-state index is 5.86. The van der Waals surface area contributed by atoms with Gasteiger partial charge in [0.1, 0.15) is 12.4 Å². The molecule has 2 rings (SSSR count). The Kier molecular flexibility index (Phi) is 4.83. The van der Waals surface area contributed by atoms with Crippen LogP contribution in [0.25, 0.3) is 0 Å². The predicted octanol–water partition coefficient (Wildman–Crippen LogP) is 3.16. The summed E-state index contributed by atoms with van der Waals surface area (Å²) < 4.78 is 10.9. The lowest BCUT2D eigenvalue weighted by atomic mass is 9.91. The van der Waals surface area contributed by atoms with Crippen molar-refractivity contribution >= 4 is 0 Å². The summed E-state index contributed by atoms with van der Waals surface area (Å²) in [5, 5.41) is 3.62. The summed E-state index contributed by atoms with van der Waals surface area (Å²) in [6.07, 6.45) is 2.58. The SMILES string of the molecule is CCNC(c1ccccc1OCCOC)C1(C)CC1. The molecule has 0 aromatic heterocycles. The highest BCUT2D eigenvalue weighted by molar-refractivity contribution is 5.38. The summed E-state index contributed by atoms with van der Waals surface area (Å²) in [5.41, 5.74) is 1.66. The number of hydrogen-bond acceptors (Lipinski definition) is 3. The molecule has 0 spiro atoms. The van der Waals surface area contributed by atoms with E-state index in [-0.39, 0.29) is 0 Å². The molecule has 1 aliphatic rings. The highest BCUT2D eigenvalue weighted by atomic mass is 16.5. The van der Waals surface area contributed by atoms with Crippen LogP contribution in [0.4, 0.5) is 0 Å². The third kappa shape index (κ3) is 3.48. The molecule has 3 nitrogen and oxygen atoms in total. The fourth-order valence-electron chi connectivity index (χ4n) is 2.51. The lowest BCUT2D eigenvalue weighted by Gasteiger charge is -2.27. The van der Waals surface area contributed by atoms with Crippen LogP contribution in [-0.2, 0) is 4.74 Å². The lowest BCUT2D eigenvalue weighted by Crippen LogP contribution is -2.28. The number of benzene rings is 1. The molecule has 0 aliphatic heterocycles. The molecule has 1 saturated carbocycles. The molecule has 0 radical (unpaired) electrons. The fourth-order valence-corrected chi connectivity index (χ4v) is 2.51. The van der Waals surface area contributed by atoms with Crippen molar-refractivity contribution < 1.29 is 9.47 Å². The molecule has 1 N–H and O–H groups in total.